The molecule has 2 N–H and O–H groups in total. The molecule has 27 heavy (non-hydrogen) atoms. The molecule has 0 unspecified atom stereocenters. The highest BCUT2D eigenvalue weighted by atomic mass is 19.1. The second-order valence-electron chi connectivity index (χ2n) is 6.21. The Hall–Kier alpha value is -3.80. The van der Waals surface area contributed by atoms with Gasteiger partial charge < -0.3 is 4.98 Å². The average Bonchev–Trinajstić information content (AvgIpc) is 3.37. The number of benzene rings is 2. The first-order valence-corrected chi connectivity index (χ1v) is 8.48. The second-order valence-corrected chi connectivity index (χ2v) is 6.21. The van der Waals surface area contributed by atoms with Crippen molar-refractivity contribution in [2.45, 2.75) is 0 Å². The molecule has 0 fully saturated rings. The van der Waals surface area contributed by atoms with Gasteiger partial charge in [-0.15, -0.1) is 0 Å². The van der Waals surface area contributed by atoms with E-state index in [4.69, 9.17) is 0 Å². The Labute approximate surface area is 153 Å². The van der Waals surface area contributed by atoms with Gasteiger partial charge >= 0.3 is 0 Å². The number of fused-ring (bicyclic) bond motifs is 1. The van der Waals surface area contributed by atoms with Crippen LogP contribution in [0.3, 0.4) is 0 Å². The van der Waals surface area contributed by atoms with Gasteiger partial charge in [0, 0.05) is 41.3 Å². The van der Waals surface area contributed by atoms with E-state index in [0.29, 0.717) is 5.82 Å². The van der Waals surface area contributed by atoms with Crippen LogP contribution in [-0.4, -0.2) is 25.1 Å². The summed E-state index contributed by atoms with van der Waals surface area (Å²) in [4.78, 5) is 11.6. The van der Waals surface area contributed by atoms with Gasteiger partial charge in [0.25, 0.3) is 0 Å². The minimum absolute atomic E-state index is 0.283. The van der Waals surface area contributed by atoms with E-state index >= 15 is 0 Å². The topological polar surface area (TPSA) is 70.2 Å². The smallest absolute Gasteiger partial charge is 0.156 e. The first-order valence-electron chi connectivity index (χ1n) is 8.48. The van der Waals surface area contributed by atoms with Crippen LogP contribution >= 0.6 is 0 Å². The normalized spacial score (nSPS) is 11.1. The van der Waals surface area contributed by atoms with Crippen LogP contribution in [-0.2, 0) is 0 Å². The number of hydrogen-bond donors (Lipinski definition) is 2. The van der Waals surface area contributed by atoms with E-state index in [1.807, 2.05) is 30.5 Å². The monoisotopic (exact) mass is 355 g/mol. The highest BCUT2D eigenvalue weighted by molar-refractivity contribution is 6.03. The standard InChI is InChI=1S/C21H14FN5/c22-16-5-1-3-13(9-16)17-10-15(14-4-2-6-23-12-14)11-18-19(17)26-27-20(18)21-24-7-8-25-21/h1-12H,(H,24,25)(H,26,27). The van der Waals surface area contributed by atoms with Crippen LogP contribution in [0.25, 0.3) is 44.7 Å². The van der Waals surface area contributed by atoms with E-state index in [0.717, 1.165) is 38.9 Å². The molecule has 3 aromatic heterocycles. The van der Waals surface area contributed by atoms with Gasteiger partial charge in [0.15, 0.2) is 5.82 Å². The van der Waals surface area contributed by atoms with Crippen molar-refractivity contribution < 1.29 is 4.39 Å². The SMILES string of the molecule is Fc1cccc(-c2cc(-c3cccnc3)cc3c(-c4ncc[nH]4)[nH]nc23)c1. The Kier molecular flexibility index (Phi) is 3.53. The summed E-state index contributed by atoms with van der Waals surface area (Å²) in [5, 5.41) is 8.47. The summed E-state index contributed by atoms with van der Waals surface area (Å²) >= 11 is 0. The molecule has 6 heteroatoms. The molecule has 0 amide bonds. The highest BCUT2D eigenvalue weighted by Gasteiger charge is 2.16. The van der Waals surface area contributed by atoms with Crippen LogP contribution in [0.4, 0.5) is 4.39 Å². The van der Waals surface area contributed by atoms with Crippen molar-refractivity contribution in [1.82, 2.24) is 25.1 Å². The fourth-order valence-corrected chi connectivity index (χ4v) is 3.28. The van der Waals surface area contributed by atoms with Crippen LogP contribution in [0, 0.1) is 5.82 Å². The molecule has 5 aromatic rings. The second kappa shape index (κ2) is 6.17. The number of halogens is 1. The molecule has 0 aliphatic rings. The average molecular weight is 355 g/mol. The Morgan fingerprint density at radius 3 is 2.59 bits per heavy atom. The summed E-state index contributed by atoms with van der Waals surface area (Å²) in [7, 11) is 0. The van der Waals surface area contributed by atoms with Gasteiger partial charge in [0.1, 0.15) is 17.0 Å². The third-order valence-electron chi connectivity index (χ3n) is 4.52. The first-order chi connectivity index (χ1) is 13.3. The molecular formula is C21H14FN5. The van der Waals surface area contributed by atoms with E-state index in [2.05, 4.69) is 31.2 Å². The van der Waals surface area contributed by atoms with Crippen molar-refractivity contribution >= 4 is 10.9 Å². The number of aromatic amines is 2. The van der Waals surface area contributed by atoms with Crippen molar-refractivity contribution in [3.8, 4) is 33.8 Å². The summed E-state index contributed by atoms with van der Waals surface area (Å²) in [6.45, 7) is 0. The molecule has 0 saturated carbocycles. The van der Waals surface area contributed by atoms with Crippen LogP contribution < -0.4 is 0 Å². The molecule has 0 spiro atoms. The third-order valence-corrected chi connectivity index (χ3v) is 4.52. The third kappa shape index (κ3) is 2.67. The maximum Gasteiger partial charge on any atom is 0.156 e. The molecule has 2 aromatic carbocycles. The van der Waals surface area contributed by atoms with Gasteiger partial charge in [-0.1, -0.05) is 18.2 Å². The lowest BCUT2D eigenvalue weighted by atomic mass is 9.96. The minimum atomic E-state index is -0.283. The molecule has 0 aliphatic heterocycles. The van der Waals surface area contributed by atoms with Gasteiger partial charge in [0.2, 0.25) is 0 Å². The van der Waals surface area contributed by atoms with E-state index in [1.54, 1.807) is 24.7 Å². The van der Waals surface area contributed by atoms with Crippen LogP contribution in [0.2, 0.25) is 0 Å². The molecule has 5 rings (SSSR count). The number of pyridine rings is 1. The number of rotatable bonds is 3. The maximum atomic E-state index is 13.9. The zero-order chi connectivity index (χ0) is 18.2. The minimum Gasteiger partial charge on any atom is -0.343 e. The maximum absolute atomic E-state index is 13.9. The quantitative estimate of drug-likeness (QED) is 0.487. The molecule has 3 heterocycles. The summed E-state index contributed by atoms with van der Waals surface area (Å²) in [6, 6.07) is 14.5. The van der Waals surface area contributed by atoms with Gasteiger partial charge in [0.05, 0.1) is 0 Å². The number of hydrogen-bond acceptors (Lipinski definition) is 3. The predicted molar refractivity (Wildman–Crippen MR) is 102 cm³/mol. The van der Waals surface area contributed by atoms with E-state index in [-0.39, 0.29) is 5.82 Å². The van der Waals surface area contributed by atoms with Crippen molar-refractivity contribution in [1.29, 1.82) is 0 Å². The van der Waals surface area contributed by atoms with E-state index in [9.17, 15) is 4.39 Å². The van der Waals surface area contributed by atoms with E-state index < -0.39 is 0 Å². The molecular weight excluding hydrogens is 341 g/mol. The number of aromatic nitrogens is 5. The zero-order valence-electron chi connectivity index (χ0n) is 14.1. The first kappa shape index (κ1) is 15.5. The Balaban J connectivity index is 1.83. The highest BCUT2D eigenvalue weighted by Crippen LogP contribution is 2.36. The van der Waals surface area contributed by atoms with Crippen molar-refractivity contribution in [3.63, 3.8) is 0 Å². The molecule has 0 radical (unpaired) electrons. The number of nitrogens with zero attached hydrogens (tertiary/aromatic N) is 3. The predicted octanol–water partition coefficient (Wildman–Crippen LogP) is 4.82. The van der Waals surface area contributed by atoms with Crippen molar-refractivity contribution in [2.24, 2.45) is 0 Å². The summed E-state index contributed by atoms with van der Waals surface area (Å²) in [5.41, 5.74) is 5.12. The molecule has 0 bridgehead atoms. The van der Waals surface area contributed by atoms with Crippen LogP contribution in [0.15, 0.2) is 73.3 Å². The van der Waals surface area contributed by atoms with Gasteiger partial charge in [-0.05, 0) is 41.5 Å². The lowest BCUT2D eigenvalue weighted by Crippen LogP contribution is -1.87. The van der Waals surface area contributed by atoms with E-state index in [1.165, 1.54) is 12.1 Å². The molecule has 5 nitrogen and oxygen atoms in total. The zero-order valence-corrected chi connectivity index (χ0v) is 14.1. The largest absolute Gasteiger partial charge is 0.343 e. The lowest BCUT2D eigenvalue weighted by Gasteiger charge is -2.08. The molecule has 130 valence electrons. The Morgan fingerprint density at radius 2 is 1.81 bits per heavy atom. The lowest BCUT2D eigenvalue weighted by molar-refractivity contribution is 0.628. The van der Waals surface area contributed by atoms with Gasteiger partial charge in [-0.25, -0.2) is 9.37 Å². The summed E-state index contributed by atoms with van der Waals surface area (Å²) in [6.07, 6.45) is 7.01. The summed E-state index contributed by atoms with van der Waals surface area (Å²) < 4.78 is 13.9. The number of imidazole rings is 1. The van der Waals surface area contributed by atoms with Crippen LogP contribution in [0.1, 0.15) is 0 Å². The van der Waals surface area contributed by atoms with Gasteiger partial charge in [-0.3, -0.25) is 10.1 Å². The van der Waals surface area contributed by atoms with Crippen molar-refractivity contribution in [3.05, 3.63) is 79.1 Å². The fourth-order valence-electron chi connectivity index (χ4n) is 3.28. The number of nitrogens with one attached hydrogen (secondary N) is 2. The molecule has 0 aliphatic carbocycles. The van der Waals surface area contributed by atoms with Crippen molar-refractivity contribution in [2.75, 3.05) is 0 Å². The Morgan fingerprint density at radius 1 is 0.889 bits per heavy atom. The fraction of sp³-hybridized carbons (Fsp3) is 0. The molecule has 0 atom stereocenters. The van der Waals surface area contributed by atoms with Crippen LogP contribution in [0.5, 0.6) is 0 Å². The molecule has 0 saturated heterocycles. The Bertz CT molecular complexity index is 1230. The number of H-pyrrole nitrogens is 2. The van der Waals surface area contributed by atoms with Gasteiger partial charge in [-0.2, -0.15) is 5.10 Å². The summed E-state index contributed by atoms with van der Waals surface area (Å²) in [5.74, 6) is 0.417.